The number of aromatic nitrogens is 2. The van der Waals surface area contributed by atoms with Crippen LogP contribution >= 0.6 is 0 Å². The minimum Gasteiger partial charge on any atom is -0.353 e. The molecule has 1 atom stereocenters. The number of hydrogen-bond acceptors (Lipinski definition) is 5. The van der Waals surface area contributed by atoms with Crippen LogP contribution in [0.3, 0.4) is 0 Å². The first kappa shape index (κ1) is 20.0. The Kier molecular flexibility index (Phi) is 6.35. The average Bonchev–Trinajstić information content (AvgIpc) is 2.83. The van der Waals surface area contributed by atoms with Gasteiger partial charge in [-0.05, 0) is 29.8 Å². The van der Waals surface area contributed by atoms with Gasteiger partial charge in [0.1, 0.15) is 11.5 Å². The van der Waals surface area contributed by atoms with Crippen molar-refractivity contribution in [3.8, 4) is 0 Å². The second-order valence-electron chi connectivity index (χ2n) is 7.54. The summed E-state index contributed by atoms with van der Waals surface area (Å²) in [6.07, 6.45) is 2.50. The van der Waals surface area contributed by atoms with Gasteiger partial charge in [-0.3, -0.25) is 9.78 Å². The number of carbonyl (C=O) groups is 1. The van der Waals surface area contributed by atoms with Gasteiger partial charge in [-0.15, -0.1) is 0 Å². The maximum absolute atomic E-state index is 12.9. The van der Waals surface area contributed by atoms with E-state index < -0.39 is 0 Å². The highest BCUT2D eigenvalue weighted by atomic mass is 16.2. The summed E-state index contributed by atoms with van der Waals surface area (Å²) in [5, 5.41) is 3.57. The number of likely N-dealkylation sites (N-methyl/N-ethyl adjacent to an activating group) is 1. The molecule has 0 aliphatic carbocycles. The van der Waals surface area contributed by atoms with E-state index in [1.54, 1.807) is 17.2 Å². The topological polar surface area (TPSA) is 61.4 Å². The number of rotatable bonds is 6. The van der Waals surface area contributed by atoms with Crippen LogP contribution in [0.25, 0.3) is 0 Å². The van der Waals surface area contributed by atoms with Gasteiger partial charge in [0.05, 0.1) is 0 Å². The van der Waals surface area contributed by atoms with Crippen LogP contribution in [0.4, 0.5) is 5.82 Å². The Morgan fingerprint density at radius 2 is 1.93 bits per heavy atom. The summed E-state index contributed by atoms with van der Waals surface area (Å²) >= 11 is 0. The number of anilines is 1. The second-order valence-corrected chi connectivity index (χ2v) is 7.54. The minimum absolute atomic E-state index is 0.0671. The lowest BCUT2D eigenvalue weighted by molar-refractivity contribution is 0.0790. The molecule has 0 unspecified atom stereocenters. The van der Waals surface area contributed by atoms with Gasteiger partial charge in [-0.25, -0.2) is 4.98 Å². The largest absolute Gasteiger partial charge is 0.353 e. The number of carbonyl (C=O) groups excluding carboxylic acids is 1. The van der Waals surface area contributed by atoms with Crippen LogP contribution in [0, 0.1) is 0 Å². The van der Waals surface area contributed by atoms with Gasteiger partial charge in [-0.1, -0.05) is 42.5 Å². The fraction of sp³-hybridized carbons (Fsp3) is 0.292. The van der Waals surface area contributed by atoms with Crippen molar-refractivity contribution in [1.82, 2.24) is 20.2 Å². The lowest BCUT2D eigenvalue weighted by Gasteiger charge is -2.35. The molecule has 1 N–H and O–H groups in total. The molecule has 3 heterocycles. The standard InChI is InChI=1S/C24H27N5O/c1-28(16-13-20-10-5-6-14-25-20)24(30)21-11-7-12-23(27-21)29-17-15-26-22(18-29)19-8-3-2-4-9-19/h2-12,14,22,26H,13,15-18H2,1H3/t22-/m1/s1. The minimum atomic E-state index is -0.0671. The third-order valence-electron chi connectivity index (χ3n) is 5.43. The molecule has 1 aliphatic rings. The molecule has 3 aromatic rings. The Morgan fingerprint density at radius 3 is 2.73 bits per heavy atom. The Morgan fingerprint density at radius 1 is 1.10 bits per heavy atom. The number of pyridine rings is 2. The molecule has 1 amide bonds. The van der Waals surface area contributed by atoms with Crippen LogP contribution in [-0.2, 0) is 6.42 Å². The lowest BCUT2D eigenvalue weighted by Crippen LogP contribution is -2.46. The van der Waals surface area contributed by atoms with Crippen molar-refractivity contribution >= 4 is 11.7 Å². The van der Waals surface area contributed by atoms with Gasteiger partial charge in [0, 0.05) is 57.6 Å². The molecule has 30 heavy (non-hydrogen) atoms. The predicted octanol–water partition coefficient (Wildman–Crippen LogP) is 2.94. The van der Waals surface area contributed by atoms with Crippen molar-refractivity contribution in [2.45, 2.75) is 12.5 Å². The van der Waals surface area contributed by atoms with E-state index in [2.05, 4.69) is 39.5 Å². The summed E-state index contributed by atoms with van der Waals surface area (Å²) in [4.78, 5) is 25.9. The Hall–Kier alpha value is -3.25. The van der Waals surface area contributed by atoms with E-state index >= 15 is 0 Å². The fourth-order valence-electron chi connectivity index (χ4n) is 3.71. The summed E-state index contributed by atoms with van der Waals surface area (Å²) in [5.41, 5.74) is 2.72. The van der Waals surface area contributed by atoms with Crippen molar-refractivity contribution in [1.29, 1.82) is 0 Å². The van der Waals surface area contributed by atoms with Gasteiger partial charge in [0.25, 0.3) is 5.91 Å². The van der Waals surface area contributed by atoms with E-state index in [1.165, 1.54) is 5.56 Å². The third kappa shape index (κ3) is 4.83. The van der Waals surface area contributed by atoms with Crippen molar-refractivity contribution in [2.75, 3.05) is 38.1 Å². The van der Waals surface area contributed by atoms with Crippen LogP contribution in [0.1, 0.15) is 27.8 Å². The summed E-state index contributed by atoms with van der Waals surface area (Å²) in [6.45, 7) is 3.17. The third-order valence-corrected chi connectivity index (χ3v) is 5.43. The Balaban J connectivity index is 1.42. The Bertz CT molecular complexity index is 964. The summed E-state index contributed by atoms with van der Waals surface area (Å²) < 4.78 is 0. The SMILES string of the molecule is CN(CCc1ccccn1)C(=O)c1cccc(N2CCN[C@@H](c3ccccc3)C2)n1. The maximum Gasteiger partial charge on any atom is 0.272 e. The number of nitrogens with zero attached hydrogens (tertiary/aromatic N) is 4. The lowest BCUT2D eigenvalue weighted by atomic mass is 10.0. The summed E-state index contributed by atoms with van der Waals surface area (Å²) in [6, 6.07) is 22.2. The number of hydrogen-bond donors (Lipinski definition) is 1. The first-order chi connectivity index (χ1) is 14.7. The van der Waals surface area contributed by atoms with E-state index in [4.69, 9.17) is 4.98 Å². The van der Waals surface area contributed by atoms with Crippen molar-refractivity contribution in [3.05, 3.63) is 89.9 Å². The first-order valence-electron chi connectivity index (χ1n) is 10.4. The number of benzene rings is 1. The quantitative estimate of drug-likeness (QED) is 0.688. The molecule has 4 rings (SSSR count). The molecule has 0 bridgehead atoms. The molecule has 6 nitrogen and oxygen atoms in total. The van der Waals surface area contributed by atoms with Gasteiger partial charge in [0.15, 0.2) is 0 Å². The highest BCUT2D eigenvalue weighted by molar-refractivity contribution is 5.92. The molecule has 1 aliphatic heterocycles. The fourth-order valence-corrected chi connectivity index (χ4v) is 3.71. The molecule has 0 radical (unpaired) electrons. The van der Waals surface area contributed by atoms with Crippen molar-refractivity contribution < 1.29 is 4.79 Å². The number of nitrogens with one attached hydrogen (secondary N) is 1. The van der Waals surface area contributed by atoms with Gasteiger partial charge >= 0.3 is 0 Å². The van der Waals surface area contributed by atoms with E-state index in [0.29, 0.717) is 12.2 Å². The highest BCUT2D eigenvalue weighted by Gasteiger charge is 2.22. The van der Waals surface area contributed by atoms with E-state index in [-0.39, 0.29) is 11.9 Å². The zero-order valence-electron chi connectivity index (χ0n) is 17.2. The molecule has 1 saturated heterocycles. The molecule has 0 saturated carbocycles. The number of piperazine rings is 1. The van der Waals surface area contributed by atoms with E-state index in [9.17, 15) is 4.79 Å². The summed E-state index contributed by atoms with van der Waals surface area (Å²) in [5.74, 6) is 0.781. The molecule has 1 aromatic carbocycles. The predicted molar refractivity (Wildman–Crippen MR) is 119 cm³/mol. The molecule has 154 valence electrons. The van der Waals surface area contributed by atoms with Crippen molar-refractivity contribution in [2.24, 2.45) is 0 Å². The second kappa shape index (κ2) is 9.50. The molecule has 0 spiro atoms. The zero-order chi connectivity index (χ0) is 20.8. The van der Waals surface area contributed by atoms with Gasteiger partial charge in [-0.2, -0.15) is 0 Å². The molecular weight excluding hydrogens is 374 g/mol. The van der Waals surface area contributed by atoms with Crippen LogP contribution in [0.5, 0.6) is 0 Å². The molecule has 6 heteroatoms. The van der Waals surface area contributed by atoms with Crippen molar-refractivity contribution in [3.63, 3.8) is 0 Å². The smallest absolute Gasteiger partial charge is 0.272 e. The normalized spacial score (nSPS) is 16.3. The molecule has 1 fully saturated rings. The van der Waals surface area contributed by atoms with E-state index in [0.717, 1.165) is 37.6 Å². The highest BCUT2D eigenvalue weighted by Crippen LogP contribution is 2.21. The number of amides is 1. The summed E-state index contributed by atoms with van der Waals surface area (Å²) in [7, 11) is 1.82. The average molecular weight is 402 g/mol. The zero-order valence-corrected chi connectivity index (χ0v) is 17.2. The van der Waals surface area contributed by atoms with Gasteiger partial charge < -0.3 is 15.1 Å². The van der Waals surface area contributed by atoms with Crippen LogP contribution in [0.2, 0.25) is 0 Å². The monoisotopic (exact) mass is 401 g/mol. The molecule has 2 aromatic heterocycles. The van der Waals surface area contributed by atoms with E-state index in [1.807, 2.05) is 43.4 Å². The van der Waals surface area contributed by atoms with Crippen LogP contribution < -0.4 is 10.2 Å². The van der Waals surface area contributed by atoms with Gasteiger partial charge in [0.2, 0.25) is 0 Å². The Labute approximate surface area is 177 Å². The molecular formula is C24H27N5O. The first-order valence-corrected chi connectivity index (χ1v) is 10.4. The maximum atomic E-state index is 12.9. The van der Waals surface area contributed by atoms with Crippen LogP contribution in [0.15, 0.2) is 72.9 Å². The van der Waals surface area contributed by atoms with Crippen LogP contribution in [-0.4, -0.2) is 54.0 Å².